The van der Waals surface area contributed by atoms with E-state index in [4.69, 9.17) is 22.9 Å². The molecule has 0 aliphatic carbocycles. The molecule has 0 bridgehead atoms. The number of aromatic nitrogens is 2. The maximum atomic E-state index is 7.19. The Morgan fingerprint density at radius 1 is 1.75 bits per heavy atom. The lowest BCUT2D eigenvalue weighted by atomic mass is 10.6. The molecule has 0 aliphatic heterocycles. The molecule has 0 radical (unpaired) electrons. The van der Waals surface area contributed by atoms with Gasteiger partial charge in [-0.25, -0.2) is 15.8 Å². The third-order valence-corrected chi connectivity index (χ3v) is 1.40. The lowest BCUT2D eigenvalue weighted by Gasteiger charge is -2.13. The highest BCUT2D eigenvalue weighted by atomic mass is 35.5. The predicted octanol–water partition coefficient (Wildman–Crippen LogP) is 0.807. The van der Waals surface area contributed by atoms with Crippen molar-refractivity contribution in [3.05, 3.63) is 17.4 Å². The minimum atomic E-state index is 0.150. The first-order valence-electron chi connectivity index (χ1n) is 3.20. The zero-order chi connectivity index (χ0) is 9.14. The molecular formula is C6H8ClN5. The number of nitrogens with two attached hydrogens (primary N) is 1. The maximum Gasteiger partial charge on any atom is 0.247 e. The maximum absolute atomic E-state index is 7.19. The molecule has 0 saturated heterocycles. The fourth-order valence-electron chi connectivity index (χ4n) is 0.593. The third kappa shape index (κ3) is 1.90. The Morgan fingerprint density at radius 3 is 2.92 bits per heavy atom. The molecule has 1 aromatic rings. The molecule has 0 atom stereocenters. The molecule has 64 valence electrons. The fourth-order valence-corrected chi connectivity index (χ4v) is 0.725. The number of anilines is 1. The molecule has 1 rings (SSSR count). The zero-order valence-electron chi connectivity index (χ0n) is 6.45. The highest BCUT2D eigenvalue weighted by Gasteiger charge is 2.05. The van der Waals surface area contributed by atoms with E-state index in [-0.39, 0.29) is 11.8 Å². The summed E-state index contributed by atoms with van der Waals surface area (Å²) in [4.78, 5) is 7.63. The van der Waals surface area contributed by atoms with E-state index in [1.165, 1.54) is 19.2 Å². The standard InChI is InChI=1S/C6H8ClN5/c1-4(8)12(9)6-10-3-2-5(7)11-6/h2-3,8H,9H2,1H3. The van der Waals surface area contributed by atoms with E-state index in [9.17, 15) is 0 Å². The second kappa shape index (κ2) is 3.46. The highest BCUT2D eigenvalue weighted by Crippen LogP contribution is 2.07. The molecule has 0 aromatic carbocycles. The molecule has 0 amide bonds. The Balaban J connectivity index is 2.95. The number of hydrogen-bond acceptors (Lipinski definition) is 4. The van der Waals surface area contributed by atoms with Crippen LogP contribution in [0, 0.1) is 5.41 Å². The molecule has 1 heterocycles. The Morgan fingerprint density at radius 2 is 2.42 bits per heavy atom. The predicted molar refractivity (Wildman–Crippen MR) is 47.1 cm³/mol. The molecule has 3 N–H and O–H groups in total. The molecule has 1 aromatic heterocycles. The SMILES string of the molecule is CC(=N)N(N)c1nccc(Cl)n1. The van der Waals surface area contributed by atoms with Gasteiger partial charge < -0.3 is 0 Å². The van der Waals surface area contributed by atoms with Crippen molar-refractivity contribution in [1.82, 2.24) is 9.97 Å². The van der Waals surface area contributed by atoms with Crippen molar-refractivity contribution in [3.8, 4) is 0 Å². The number of nitrogens with zero attached hydrogens (tertiary/aromatic N) is 3. The lowest BCUT2D eigenvalue weighted by molar-refractivity contribution is 0.992. The molecule has 0 saturated carbocycles. The van der Waals surface area contributed by atoms with Crippen LogP contribution in [0.25, 0.3) is 0 Å². The minimum absolute atomic E-state index is 0.150. The fraction of sp³-hybridized carbons (Fsp3) is 0.167. The molecule has 12 heavy (non-hydrogen) atoms. The average molecular weight is 186 g/mol. The topological polar surface area (TPSA) is 78.9 Å². The number of amidine groups is 1. The van der Waals surface area contributed by atoms with Crippen LogP contribution >= 0.6 is 11.6 Å². The van der Waals surface area contributed by atoms with Crippen LogP contribution in [0.5, 0.6) is 0 Å². The molecule has 6 heteroatoms. The van der Waals surface area contributed by atoms with E-state index in [0.717, 1.165) is 5.01 Å². The Labute approximate surface area is 74.7 Å². The van der Waals surface area contributed by atoms with Crippen LogP contribution in [0.4, 0.5) is 5.95 Å². The van der Waals surface area contributed by atoms with Gasteiger partial charge in [0.2, 0.25) is 5.95 Å². The van der Waals surface area contributed by atoms with Gasteiger partial charge in [-0.1, -0.05) is 11.6 Å². The summed E-state index contributed by atoms with van der Waals surface area (Å²) < 4.78 is 0. The molecular weight excluding hydrogens is 178 g/mol. The third-order valence-electron chi connectivity index (χ3n) is 1.19. The van der Waals surface area contributed by atoms with Gasteiger partial charge in [-0.15, -0.1) is 0 Å². The van der Waals surface area contributed by atoms with Crippen LogP contribution in [-0.4, -0.2) is 15.8 Å². The molecule has 0 fully saturated rings. The van der Waals surface area contributed by atoms with E-state index >= 15 is 0 Å². The number of hydrogen-bond donors (Lipinski definition) is 2. The summed E-state index contributed by atoms with van der Waals surface area (Å²) in [5.41, 5.74) is 0. The Bertz CT molecular complexity index is 300. The van der Waals surface area contributed by atoms with Crippen molar-refractivity contribution in [2.24, 2.45) is 5.84 Å². The van der Waals surface area contributed by atoms with Crippen molar-refractivity contribution in [2.45, 2.75) is 6.92 Å². The van der Waals surface area contributed by atoms with Crippen LogP contribution in [-0.2, 0) is 0 Å². The largest absolute Gasteiger partial charge is 0.287 e. The second-order valence-electron chi connectivity index (χ2n) is 2.13. The molecule has 0 spiro atoms. The van der Waals surface area contributed by atoms with Crippen molar-refractivity contribution in [1.29, 1.82) is 5.41 Å². The summed E-state index contributed by atoms with van der Waals surface area (Å²) >= 11 is 5.59. The number of nitrogens with one attached hydrogen (secondary N) is 1. The van der Waals surface area contributed by atoms with Crippen molar-refractivity contribution >= 4 is 23.4 Å². The quantitative estimate of drug-likeness (QED) is 0.223. The van der Waals surface area contributed by atoms with Gasteiger partial charge in [0.05, 0.1) is 0 Å². The number of halogens is 1. The van der Waals surface area contributed by atoms with Crippen LogP contribution in [0.3, 0.4) is 0 Å². The summed E-state index contributed by atoms with van der Waals surface area (Å²) in [5.74, 6) is 5.80. The normalized spacial score (nSPS) is 9.58. The smallest absolute Gasteiger partial charge is 0.247 e. The first kappa shape index (κ1) is 8.89. The van der Waals surface area contributed by atoms with Gasteiger partial charge in [-0.2, -0.15) is 4.98 Å². The summed E-state index contributed by atoms with van der Waals surface area (Å²) in [6, 6.07) is 1.54. The summed E-state index contributed by atoms with van der Waals surface area (Å²) in [6.45, 7) is 1.53. The van der Waals surface area contributed by atoms with E-state index in [0.29, 0.717) is 5.15 Å². The van der Waals surface area contributed by atoms with E-state index in [1.54, 1.807) is 0 Å². The lowest BCUT2D eigenvalue weighted by Crippen LogP contribution is -2.36. The van der Waals surface area contributed by atoms with Gasteiger partial charge in [-0.3, -0.25) is 5.41 Å². The first-order valence-corrected chi connectivity index (χ1v) is 3.57. The van der Waals surface area contributed by atoms with Crippen LogP contribution in [0.1, 0.15) is 6.92 Å². The van der Waals surface area contributed by atoms with Gasteiger partial charge in [0, 0.05) is 6.20 Å². The van der Waals surface area contributed by atoms with Gasteiger partial charge in [0.25, 0.3) is 0 Å². The second-order valence-corrected chi connectivity index (χ2v) is 2.52. The van der Waals surface area contributed by atoms with E-state index in [1.807, 2.05) is 0 Å². The van der Waals surface area contributed by atoms with Crippen molar-refractivity contribution in [3.63, 3.8) is 0 Å². The summed E-state index contributed by atoms with van der Waals surface area (Å²) in [7, 11) is 0. The molecule has 0 unspecified atom stereocenters. The Kier molecular flexibility index (Phi) is 2.57. The summed E-state index contributed by atoms with van der Waals surface area (Å²) in [5, 5.41) is 8.54. The Hall–Kier alpha value is -1.20. The van der Waals surface area contributed by atoms with Crippen LogP contribution in [0.2, 0.25) is 5.15 Å². The first-order chi connectivity index (χ1) is 5.61. The number of hydrazine groups is 1. The van der Waals surface area contributed by atoms with Gasteiger partial charge in [0.1, 0.15) is 11.0 Å². The van der Waals surface area contributed by atoms with Crippen molar-refractivity contribution in [2.75, 3.05) is 5.01 Å². The van der Waals surface area contributed by atoms with Crippen LogP contribution < -0.4 is 10.9 Å². The number of rotatable bonds is 1. The highest BCUT2D eigenvalue weighted by molar-refractivity contribution is 6.29. The van der Waals surface area contributed by atoms with Gasteiger partial charge >= 0.3 is 0 Å². The molecule has 5 nitrogen and oxygen atoms in total. The van der Waals surface area contributed by atoms with Gasteiger partial charge in [0.15, 0.2) is 0 Å². The van der Waals surface area contributed by atoms with Crippen molar-refractivity contribution < 1.29 is 0 Å². The van der Waals surface area contributed by atoms with E-state index in [2.05, 4.69) is 9.97 Å². The van der Waals surface area contributed by atoms with Crippen LogP contribution in [0.15, 0.2) is 12.3 Å². The van der Waals surface area contributed by atoms with E-state index < -0.39 is 0 Å². The van der Waals surface area contributed by atoms with Gasteiger partial charge in [-0.05, 0) is 13.0 Å². The average Bonchev–Trinajstić information content (AvgIpc) is 2.03. The minimum Gasteiger partial charge on any atom is -0.287 e. The monoisotopic (exact) mass is 185 g/mol. The summed E-state index contributed by atoms with van der Waals surface area (Å²) in [6.07, 6.45) is 1.48. The molecule has 0 aliphatic rings. The zero-order valence-corrected chi connectivity index (χ0v) is 7.21.